The normalized spacial score (nSPS) is 14.0. The SMILES string of the molecule is O=C1C(=Cc2ccc(-n3c4ccccc4c4ccccc43)[se]2)C(=O)N(c2ccccc2)C(=O)N1c1ccccc1. The van der Waals surface area contributed by atoms with E-state index in [4.69, 9.17) is 0 Å². The van der Waals surface area contributed by atoms with Crippen molar-refractivity contribution in [3.8, 4) is 4.56 Å². The first-order valence-corrected chi connectivity index (χ1v) is 14.5. The van der Waals surface area contributed by atoms with Gasteiger partial charge in [0, 0.05) is 0 Å². The van der Waals surface area contributed by atoms with Gasteiger partial charge in [-0.15, -0.1) is 0 Å². The number of rotatable bonds is 4. The molecule has 1 aliphatic heterocycles. The molecule has 0 spiro atoms. The second-order valence-corrected chi connectivity index (χ2v) is 11.6. The summed E-state index contributed by atoms with van der Waals surface area (Å²) in [4.78, 5) is 43.1. The van der Waals surface area contributed by atoms with Gasteiger partial charge >= 0.3 is 236 Å². The van der Waals surface area contributed by atoms with Crippen LogP contribution < -0.4 is 9.80 Å². The van der Waals surface area contributed by atoms with Crippen LogP contribution in [-0.4, -0.2) is 36.9 Å². The summed E-state index contributed by atoms with van der Waals surface area (Å²) < 4.78 is 4.23. The van der Waals surface area contributed by atoms with E-state index in [0.29, 0.717) is 11.4 Å². The second kappa shape index (κ2) is 9.65. The molecule has 0 saturated carbocycles. The van der Waals surface area contributed by atoms with E-state index in [1.807, 2.05) is 42.5 Å². The summed E-state index contributed by atoms with van der Waals surface area (Å²) in [6, 6.07) is 37.3. The number of urea groups is 1. The van der Waals surface area contributed by atoms with Gasteiger partial charge in [-0.1, -0.05) is 0 Å². The van der Waals surface area contributed by atoms with Crippen molar-refractivity contribution in [1.29, 1.82) is 0 Å². The number of carbonyl (C=O) groups excluding carboxylic acids is 3. The third-order valence-electron chi connectivity index (χ3n) is 6.98. The molecule has 2 aromatic heterocycles. The van der Waals surface area contributed by atoms with Crippen LogP contribution in [0.25, 0.3) is 32.4 Å². The van der Waals surface area contributed by atoms with Crippen LogP contribution in [0.5, 0.6) is 0 Å². The first-order chi connectivity index (χ1) is 19.6. The number of aromatic nitrogens is 1. The van der Waals surface area contributed by atoms with Gasteiger partial charge in [0.05, 0.1) is 0 Å². The Morgan fingerprint density at radius 2 is 1.00 bits per heavy atom. The van der Waals surface area contributed by atoms with Crippen LogP contribution in [0.2, 0.25) is 0 Å². The molecular weight excluding hydrogens is 565 g/mol. The van der Waals surface area contributed by atoms with Crippen molar-refractivity contribution >= 4 is 71.6 Å². The summed E-state index contributed by atoms with van der Waals surface area (Å²) >= 11 is -0.186. The third-order valence-corrected chi connectivity index (χ3v) is 9.11. The summed E-state index contributed by atoms with van der Waals surface area (Å²) in [6.07, 6.45) is 1.65. The number of para-hydroxylation sites is 4. The molecule has 7 heteroatoms. The molecule has 4 amide bonds. The fraction of sp³-hybridized carbons (Fsp3) is 0. The summed E-state index contributed by atoms with van der Waals surface area (Å²) in [5.41, 5.74) is 3.00. The van der Waals surface area contributed by atoms with Gasteiger partial charge in [-0.05, 0) is 0 Å². The van der Waals surface area contributed by atoms with Crippen LogP contribution >= 0.6 is 0 Å². The van der Waals surface area contributed by atoms with Gasteiger partial charge in [0.2, 0.25) is 0 Å². The zero-order chi connectivity index (χ0) is 27.2. The Morgan fingerprint density at radius 3 is 1.52 bits per heavy atom. The van der Waals surface area contributed by atoms with Crippen LogP contribution in [0.4, 0.5) is 16.2 Å². The molecule has 7 rings (SSSR count). The third kappa shape index (κ3) is 3.83. The van der Waals surface area contributed by atoms with Crippen LogP contribution in [0.1, 0.15) is 4.44 Å². The number of barbiturate groups is 1. The Bertz CT molecular complexity index is 1860. The average Bonchev–Trinajstić information content (AvgIpc) is 3.58. The zero-order valence-corrected chi connectivity index (χ0v) is 22.8. The van der Waals surface area contributed by atoms with Crippen molar-refractivity contribution in [2.45, 2.75) is 0 Å². The predicted molar refractivity (Wildman–Crippen MR) is 159 cm³/mol. The Hall–Kier alpha value is -4.97. The van der Waals surface area contributed by atoms with E-state index in [1.165, 1.54) is 10.8 Å². The number of hydrogen-bond acceptors (Lipinski definition) is 3. The zero-order valence-electron chi connectivity index (χ0n) is 21.1. The molecule has 0 N–H and O–H groups in total. The Kier molecular flexibility index (Phi) is 5.81. The maximum absolute atomic E-state index is 13.7. The van der Waals surface area contributed by atoms with E-state index < -0.39 is 17.8 Å². The van der Waals surface area contributed by atoms with Crippen molar-refractivity contribution in [3.63, 3.8) is 0 Å². The van der Waals surface area contributed by atoms with E-state index in [1.54, 1.807) is 54.6 Å². The van der Waals surface area contributed by atoms with E-state index in [0.717, 1.165) is 29.8 Å². The predicted octanol–water partition coefficient (Wildman–Crippen LogP) is 6.42. The van der Waals surface area contributed by atoms with Gasteiger partial charge in [0.25, 0.3) is 0 Å². The number of carbonyl (C=O) groups is 3. The van der Waals surface area contributed by atoms with Crippen LogP contribution in [0, 0.1) is 0 Å². The molecular formula is C33H21N3O3Se. The van der Waals surface area contributed by atoms with Gasteiger partial charge in [-0.3, -0.25) is 0 Å². The minimum absolute atomic E-state index is 0.0442. The van der Waals surface area contributed by atoms with E-state index in [-0.39, 0.29) is 20.1 Å². The number of nitrogens with zero attached hydrogens (tertiary/aromatic N) is 3. The molecule has 40 heavy (non-hydrogen) atoms. The van der Waals surface area contributed by atoms with Gasteiger partial charge in [-0.25, -0.2) is 0 Å². The van der Waals surface area contributed by atoms with Crippen LogP contribution in [-0.2, 0) is 9.59 Å². The summed E-state index contributed by atoms with van der Waals surface area (Å²) in [5.74, 6) is -1.26. The van der Waals surface area contributed by atoms with Crippen molar-refractivity contribution in [2.75, 3.05) is 9.80 Å². The van der Waals surface area contributed by atoms with E-state index in [2.05, 4.69) is 34.9 Å². The molecule has 0 radical (unpaired) electrons. The number of hydrogen-bond donors (Lipinski definition) is 0. The molecule has 3 heterocycles. The number of benzene rings is 4. The number of amides is 4. The van der Waals surface area contributed by atoms with Crippen molar-refractivity contribution in [2.24, 2.45) is 0 Å². The first kappa shape index (κ1) is 24.1. The molecule has 0 aliphatic carbocycles. The Morgan fingerprint density at radius 1 is 0.525 bits per heavy atom. The van der Waals surface area contributed by atoms with Gasteiger partial charge < -0.3 is 0 Å². The van der Waals surface area contributed by atoms with Crippen LogP contribution in [0.15, 0.2) is 127 Å². The molecule has 1 fully saturated rings. The molecule has 192 valence electrons. The molecule has 0 bridgehead atoms. The second-order valence-electron chi connectivity index (χ2n) is 9.34. The van der Waals surface area contributed by atoms with Gasteiger partial charge in [-0.2, -0.15) is 0 Å². The fourth-order valence-electron chi connectivity index (χ4n) is 5.18. The van der Waals surface area contributed by atoms with E-state index >= 15 is 0 Å². The van der Waals surface area contributed by atoms with Crippen LogP contribution in [0.3, 0.4) is 0 Å². The standard InChI is InChI=1S/C33H21N3O3Se/c37-31-27(32(38)35(23-13-5-2-6-14-23)33(39)34(31)22-11-3-1-4-12-22)21-24-19-20-30(40-24)36-28-17-9-7-15-25(28)26-16-8-10-18-29(26)36/h1-21H. The van der Waals surface area contributed by atoms with Gasteiger partial charge in [0.1, 0.15) is 0 Å². The Balaban J connectivity index is 1.35. The Labute approximate surface area is 235 Å². The molecule has 1 saturated heterocycles. The molecule has 6 nitrogen and oxygen atoms in total. The van der Waals surface area contributed by atoms with Gasteiger partial charge in [0.15, 0.2) is 0 Å². The average molecular weight is 587 g/mol. The van der Waals surface area contributed by atoms with Crippen molar-refractivity contribution in [1.82, 2.24) is 4.57 Å². The number of anilines is 2. The molecule has 1 aliphatic rings. The fourth-order valence-corrected chi connectivity index (χ4v) is 7.23. The molecule has 0 atom stereocenters. The summed E-state index contributed by atoms with van der Waals surface area (Å²) in [6.45, 7) is 0. The monoisotopic (exact) mass is 587 g/mol. The quantitative estimate of drug-likeness (QED) is 0.136. The summed E-state index contributed by atoms with van der Waals surface area (Å²) in [7, 11) is 0. The molecule has 6 aromatic rings. The maximum atomic E-state index is 13.7. The summed E-state index contributed by atoms with van der Waals surface area (Å²) in [5, 5.41) is 2.35. The number of fused-ring (bicyclic) bond motifs is 3. The first-order valence-electron chi connectivity index (χ1n) is 12.7. The topological polar surface area (TPSA) is 62.6 Å². The minimum atomic E-state index is -0.695. The number of imide groups is 2. The van der Waals surface area contributed by atoms with Crippen molar-refractivity contribution < 1.29 is 14.4 Å². The van der Waals surface area contributed by atoms with E-state index in [9.17, 15) is 14.4 Å². The van der Waals surface area contributed by atoms with Crippen molar-refractivity contribution in [3.05, 3.63) is 131 Å². The molecule has 0 unspecified atom stereocenters. The molecule has 4 aromatic carbocycles.